The Labute approximate surface area is 138 Å². The van der Waals surface area contributed by atoms with Gasteiger partial charge < -0.3 is 14.9 Å². The molecule has 0 spiro atoms. The molecule has 2 rings (SSSR count). The van der Waals surface area contributed by atoms with Crippen LogP contribution in [0.5, 0.6) is 5.75 Å². The average Bonchev–Trinajstić information content (AvgIpc) is 2.97. The fourth-order valence-corrected chi connectivity index (χ4v) is 1.71. The molecule has 1 amide bonds. The molecule has 0 atom stereocenters. The smallest absolute Gasteiger partial charge is 0.255 e. The third-order valence-electron chi connectivity index (χ3n) is 2.88. The summed E-state index contributed by atoms with van der Waals surface area (Å²) in [7, 11) is 0. The van der Waals surface area contributed by atoms with Gasteiger partial charge in [0.25, 0.3) is 11.8 Å². The van der Waals surface area contributed by atoms with E-state index in [1.807, 2.05) is 19.9 Å². The minimum absolute atomic E-state index is 0.0737. The number of carbonyl (C=O) groups excluding carboxylic acids is 1. The molecule has 8 heteroatoms. The van der Waals surface area contributed by atoms with E-state index in [9.17, 15) is 4.79 Å². The summed E-state index contributed by atoms with van der Waals surface area (Å²) in [4.78, 5) is 14.7. The number of rotatable bonds is 7. The number of hydrazone groups is 1. The summed E-state index contributed by atoms with van der Waals surface area (Å²) in [6.45, 7) is 3.67. The van der Waals surface area contributed by atoms with Gasteiger partial charge in [0.2, 0.25) is 11.6 Å². The molecule has 0 saturated carbocycles. The van der Waals surface area contributed by atoms with Gasteiger partial charge >= 0.3 is 0 Å². The number of nitrogens with one attached hydrogen (secondary N) is 1. The van der Waals surface area contributed by atoms with Gasteiger partial charge in [0.05, 0.1) is 6.21 Å². The van der Waals surface area contributed by atoms with Gasteiger partial charge in [0.1, 0.15) is 11.8 Å². The monoisotopic (exact) mass is 327 g/mol. The number of oxazole rings is 1. The lowest BCUT2D eigenvalue weighted by atomic mass is 10.2. The van der Waals surface area contributed by atoms with E-state index in [1.165, 1.54) is 0 Å². The van der Waals surface area contributed by atoms with Crippen LogP contribution < -0.4 is 15.9 Å². The molecule has 1 heterocycles. The average molecular weight is 327 g/mol. The fourth-order valence-electron chi connectivity index (χ4n) is 1.71. The van der Waals surface area contributed by atoms with Crippen molar-refractivity contribution < 1.29 is 13.9 Å². The quantitative estimate of drug-likeness (QED) is 0.591. The Morgan fingerprint density at radius 1 is 1.50 bits per heavy atom. The van der Waals surface area contributed by atoms with E-state index in [-0.39, 0.29) is 24.1 Å². The Kier molecular flexibility index (Phi) is 5.52. The number of carbonyl (C=O) groups is 1. The first-order chi connectivity index (χ1) is 11.5. The minimum atomic E-state index is -0.536. The zero-order valence-electron chi connectivity index (χ0n) is 13.3. The van der Waals surface area contributed by atoms with E-state index in [4.69, 9.17) is 20.1 Å². The second-order valence-corrected chi connectivity index (χ2v) is 5.19. The number of anilines is 1. The van der Waals surface area contributed by atoms with Crippen LogP contribution in [0.15, 0.2) is 33.8 Å². The van der Waals surface area contributed by atoms with Gasteiger partial charge in [-0.2, -0.15) is 10.4 Å². The Balaban J connectivity index is 1.99. The van der Waals surface area contributed by atoms with Crippen molar-refractivity contribution in [1.82, 2.24) is 4.98 Å². The van der Waals surface area contributed by atoms with E-state index in [1.54, 1.807) is 30.5 Å². The highest BCUT2D eigenvalue weighted by molar-refractivity contribution is 5.80. The molecule has 0 bridgehead atoms. The number of nitrogens with two attached hydrogens (primary N) is 1. The second kappa shape index (κ2) is 7.78. The number of hydrogen-bond acceptors (Lipinski definition) is 7. The third-order valence-corrected chi connectivity index (χ3v) is 2.88. The van der Waals surface area contributed by atoms with Crippen molar-refractivity contribution >= 4 is 18.0 Å². The van der Waals surface area contributed by atoms with Gasteiger partial charge in [-0.3, -0.25) is 4.79 Å². The topological polar surface area (TPSA) is 127 Å². The van der Waals surface area contributed by atoms with Crippen molar-refractivity contribution in [1.29, 1.82) is 5.26 Å². The van der Waals surface area contributed by atoms with Crippen LogP contribution in [-0.2, 0) is 4.79 Å². The predicted molar refractivity (Wildman–Crippen MR) is 87.7 cm³/mol. The Bertz CT molecular complexity index is 772. The summed E-state index contributed by atoms with van der Waals surface area (Å²) in [5, 5.41) is 13.1. The Hall–Kier alpha value is -3.34. The molecular weight excluding hydrogens is 310 g/mol. The number of aromatic nitrogens is 1. The molecule has 8 nitrogen and oxygen atoms in total. The van der Waals surface area contributed by atoms with Crippen LogP contribution in [0.2, 0.25) is 0 Å². The highest BCUT2D eigenvalue weighted by Crippen LogP contribution is 2.22. The molecule has 0 aliphatic carbocycles. The van der Waals surface area contributed by atoms with E-state index < -0.39 is 5.91 Å². The Morgan fingerprint density at radius 2 is 2.21 bits per heavy atom. The van der Waals surface area contributed by atoms with Gasteiger partial charge in [-0.15, -0.1) is 0 Å². The van der Waals surface area contributed by atoms with Gasteiger partial charge in [-0.25, -0.2) is 10.4 Å². The standard InChI is InChI=1S/C16H17N5O3/c1-10(2)15-20-13(7-17)16(24-15)21-19-8-11-3-5-12(6-4-11)23-9-14(18)22/h3-6,8,10,21H,9H2,1-2H3,(H2,18,22)/b19-8+. The van der Waals surface area contributed by atoms with Crippen LogP contribution in [-0.4, -0.2) is 23.7 Å². The first-order valence-corrected chi connectivity index (χ1v) is 7.20. The van der Waals surface area contributed by atoms with Crippen LogP contribution in [0.1, 0.15) is 36.9 Å². The molecule has 124 valence electrons. The Morgan fingerprint density at radius 3 is 2.79 bits per heavy atom. The van der Waals surface area contributed by atoms with Crippen LogP contribution >= 0.6 is 0 Å². The van der Waals surface area contributed by atoms with Gasteiger partial charge in [-0.1, -0.05) is 13.8 Å². The molecule has 0 aliphatic heterocycles. The number of amides is 1. The molecule has 0 unspecified atom stereocenters. The molecule has 3 N–H and O–H groups in total. The lowest BCUT2D eigenvalue weighted by molar-refractivity contribution is -0.119. The van der Waals surface area contributed by atoms with E-state index in [0.717, 1.165) is 5.56 Å². The number of nitrogens with zero attached hydrogens (tertiary/aromatic N) is 3. The maximum Gasteiger partial charge on any atom is 0.255 e. The van der Waals surface area contributed by atoms with Crippen LogP contribution in [0.3, 0.4) is 0 Å². The number of benzene rings is 1. The van der Waals surface area contributed by atoms with Gasteiger partial charge in [-0.05, 0) is 29.8 Å². The minimum Gasteiger partial charge on any atom is -0.484 e. The third kappa shape index (κ3) is 4.58. The largest absolute Gasteiger partial charge is 0.484 e. The molecule has 0 aliphatic rings. The number of ether oxygens (including phenoxy) is 1. The maximum absolute atomic E-state index is 10.6. The first-order valence-electron chi connectivity index (χ1n) is 7.20. The summed E-state index contributed by atoms with van der Waals surface area (Å²) in [5.74, 6) is 0.747. The van der Waals surface area contributed by atoms with Crippen molar-refractivity contribution in [2.45, 2.75) is 19.8 Å². The maximum atomic E-state index is 10.6. The molecule has 2 aromatic rings. The molecule has 1 aromatic heterocycles. The highest BCUT2D eigenvalue weighted by Gasteiger charge is 2.14. The SMILES string of the molecule is CC(C)c1nc(C#N)c(N/N=C/c2ccc(OCC(N)=O)cc2)o1. The fraction of sp³-hybridized carbons (Fsp3) is 0.250. The lowest BCUT2D eigenvalue weighted by Crippen LogP contribution is -2.19. The van der Waals surface area contributed by atoms with Gasteiger partial charge in [0, 0.05) is 5.92 Å². The summed E-state index contributed by atoms with van der Waals surface area (Å²) < 4.78 is 10.6. The summed E-state index contributed by atoms with van der Waals surface area (Å²) in [6.07, 6.45) is 1.55. The normalized spacial score (nSPS) is 10.8. The molecule has 0 fully saturated rings. The van der Waals surface area contributed by atoms with Crippen molar-refractivity contribution in [2.24, 2.45) is 10.8 Å². The van der Waals surface area contributed by atoms with Gasteiger partial charge in [0.15, 0.2) is 6.61 Å². The molecule has 0 radical (unpaired) electrons. The van der Waals surface area contributed by atoms with Crippen molar-refractivity contribution in [3.8, 4) is 11.8 Å². The van der Waals surface area contributed by atoms with Crippen LogP contribution in [0.4, 0.5) is 5.88 Å². The van der Waals surface area contributed by atoms with Crippen molar-refractivity contribution in [3.63, 3.8) is 0 Å². The summed E-state index contributed by atoms with van der Waals surface area (Å²) >= 11 is 0. The van der Waals surface area contributed by atoms with E-state index in [2.05, 4.69) is 15.5 Å². The summed E-state index contributed by atoms with van der Waals surface area (Å²) in [5.41, 5.74) is 8.62. The zero-order valence-corrected chi connectivity index (χ0v) is 13.3. The number of primary amides is 1. The van der Waals surface area contributed by atoms with Crippen LogP contribution in [0.25, 0.3) is 0 Å². The second-order valence-electron chi connectivity index (χ2n) is 5.19. The zero-order chi connectivity index (χ0) is 17.5. The van der Waals surface area contributed by atoms with Crippen LogP contribution in [0, 0.1) is 11.3 Å². The summed E-state index contributed by atoms with van der Waals surface area (Å²) in [6, 6.07) is 8.85. The number of hydrogen-bond donors (Lipinski definition) is 2. The van der Waals surface area contributed by atoms with E-state index >= 15 is 0 Å². The highest BCUT2D eigenvalue weighted by atomic mass is 16.5. The first kappa shape index (κ1) is 17.0. The predicted octanol–water partition coefficient (Wildman–Crippen LogP) is 1.98. The lowest BCUT2D eigenvalue weighted by Gasteiger charge is -2.03. The van der Waals surface area contributed by atoms with Crippen molar-refractivity contribution in [3.05, 3.63) is 41.4 Å². The molecular formula is C16H17N5O3. The molecule has 1 aromatic carbocycles. The molecule has 24 heavy (non-hydrogen) atoms. The van der Waals surface area contributed by atoms with Crippen molar-refractivity contribution in [2.75, 3.05) is 12.0 Å². The van der Waals surface area contributed by atoms with E-state index in [0.29, 0.717) is 11.6 Å². The molecule has 0 saturated heterocycles. The number of nitriles is 1.